The van der Waals surface area contributed by atoms with Crippen molar-refractivity contribution in [3.63, 3.8) is 0 Å². The number of hydrogen-bond acceptors (Lipinski definition) is 1. The second-order valence-electron chi connectivity index (χ2n) is 5.45. The zero-order valence-corrected chi connectivity index (χ0v) is 11.8. The van der Waals surface area contributed by atoms with Crippen LogP contribution < -0.4 is 12.4 Å². The van der Waals surface area contributed by atoms with Gasteiger partial charge in [0.2, 0.25) is 0 Å². The van der Waals surface area contributed by atoms with E-state index in [0.29, 0.717) is 12.1 Å². The van der Waals surface area contributed by atoms with Crippen LogP contribution in [0.4, 0.5) is 0 Å². The van der Waals surface area contributed by atoms with Crippen molar-refractivity contribution in [3.8, 4) is 0 Å². The highest BCUT2D eigenvalue weighted by Gasteiger charge is 2.39. The summed E-state index contributed by atoms with van der Waals surface area (Å²) < 4.78 is 0. The normalized spacial score (nSPS) is 24.1. The summed E-state index contributed by atoms with van der Waals surface area (Å²) in [7, 11) is 2.28. The van der Waals surface area contributed by atoms with E-state index >= 15 is 0 Å². The average Bonchev–Trinajstić information content (AvgIpc) is 2.58. The molecule has 2 aliphatic rings. The number of rotatable bonds is 0. The quantitative estimate of drug-likeness (QED) is 0.686. The Bertz CT molecular complexity index is 613. The van der Waals surface area contributed by atoms with Gasteiger partial charge in [-0.05, 0) is 42.1 Å². The van der Waals surface area contributed by atoms with Gasteiger partial charge in [-0.2, -0.15) is 0 Å². The maximum absolute atomic E-state index is 2.55. The monoisotopic (exact) mass is 271 g/mol. The SMILES string of the molecule is CN1C2CCc3ccccc3C1c1ccccc12.[Cl-].[H+]. The summed E-state index contributed by atoms with van der Waals surface area (Å²) in [5.41, 5.74) is 6.09. The highest BCUT2D eigenvalue weighted by molar-refractivity contribution is 5.47. The van der Waals surface area contributed by atoms with Gasteiger partial charge in [-0.25, -0.2) is 0 Å². The van der Waals surface area contributed by atoms with Crippen LogP contribution in [0, 0.1) is 0 Å². The van der Waals surface area contributed by atoms with E-state index in [4.69, 9.17) is 0 Å². The molecule has 0 spiro atoms. The predicted octanol–water partition coefficient (Wildman–Crippen LogP) is 0.825. The minimum Gasteiger partial charge on any atom is -1.00 e. The van der Waals surface area contributed by atoms with Crippen molar-refractivity contribution in [2.45, 2.75) is 24.9 Å². The van der Waals surface area contributed by atoms with E-state index in [2.05, 4.69) is 60.5 Å². The molecule has 0 aliphatic carbocycles. The van der Waals surface area contributed by atoms with Gasteiger partial charge in [0.1, 0.15) is 0 Å². The van der Waals surface area contributed by atoms with Crippen LogP contribution in [0.3, 0.4) is 0 Å². The largest absolute Gasteiger partial charge is 1.00 e. The van der Waals surface area contributed by atoms with E-state index in [0.717, 1.165) is 0 Å². The third-order valence-electron chi connectivity index (χ3n) is 4.59. The topological polar surface area (TPSA) is 3.24 Å². The summed E-state index contributed by atoms with van der Waals surface area (Å²) in [6.45, 7) is 0. The molecule has 0 N–H and O–H groups in total. The first-order chi connectivity index (χ1) is 8.86. The maximum Gasteiger partial charge on any atom is 1.00 e. The number of nitrogens with zero attached hydrogens (tertiary/aromatic N) is 1. The molecular weight excluding hydrogens is 254 g/mol. The van der Waals surface area contributed by atoms with E-state index in [-0.39, 0.29) is 13.8 Å². The number of fused-ring (bicyclic) bond motifs is 7. The molecule has 98 valence electrons. The highest BCUT2D eigenvalue weighted by Crippen LogP contribution is 2.49. The van der Waals surface area contributed by atoms with Crippen molar-refractivity contribution in [1.82, 2.24) is 4.90 Å². The minimum atomic E-state index is 0. The lowest BCUT2D eigenvalue weighted by atomic mass is 9.89. The lowest BCUT2D eigenvalue weighted by molar-refractivity contribution is -0.00000355. The van der Waals surface area contributed by atoms with Crippen LogP contribution in [0.2, 0.25) is 0 Å². The van der Waals surface area contributed by atoms with Crippen LogP contribution in [0.15, 0.2) is 48.5 Å². The van der Waals surface area contributed by atoms with Crippen LogP contribution in [-0.4, -0.2) is 11.9 Å². The molecule has 2 aromatic rings. The van der Waals surface area contributed by atoms with Gasteiger partial charge in [0.15, 0.2) is 0 Å². The first-order valence-electron chi connectivity index (χ1n) is 6.75. The Morgan fingerprint density at radius 1 is 0.947 bits per heavy atom. The van der Waals surface area contributed by atoms with E-state index in [1.807, 2.05) is 0 Å². The lowest BCUT2D eigenvalue weighted by Crippen LogP contribution is -3.00. The molecule has 0 radical (unpaired) electrons. The molecule has 2 aromatic carbocycles. The standard InChI is InChI=1S/C17H17N.ClH/c1-18-16-11-10-12-6-2-3-7-13(12)17(18)15-9-5-4-8-14(15)16;/h2-9,16-17H,10-11H2,1H3;1H. The summed E-state index contributed by atoms with van der Waals surface area (Å²) >= 11 is 0. The molecule has 0 aromatic heterocycles. The zero-order chi connectivity index (χ0) is 12.1. The first kappa shape index (κ1) is 12.7. The van der Waals surface area contributed by atoms with Crippen molar-refractivity contribution in [3.05, 3.63) is 70.8 Å². The number of hydrogen-bond donors (Lipinski definition) is 0. The minimum absolute atomic E-state index is 0. The third-order valence-corrected chi connectivity index (χ3v) is 4.59. The summed E-state index contributed by atoms with van der Waals surface area (Å²) in [4.78, 5) is 2.55. The fourth-order valence-corrected chi connectivity index (χ4v) is 3.75. The number of benzene rings is 2. The molecule has 0 saturated heterocycles. The molecule has 2 aliphatic heterocycles. The van der Waals surface area contributed by atoms with Gasteiger partial charge in [0, 0.05) is 6.04 Å². The van der Waals surface area contributed by atoms with Gasteiger partial charge in [0.05, 0.1) is 6.04 Å². The smallest absolute Gasteiger partial charge is 1.00 e. The van der Waals surface area contributed by atoms with Crippen molar-refractivity contribution in [2.24, 2.45) is 0 Å². The van der Waals surface area contributed by atoms with Crippen molar-refractivity contribution in [2.75, 3.05) is 7.05 Å². The predicted molar refractivity (Wildman–Crippen MR) is 74.7 cm³/mol. The van der Waals surface area contributed by atoms with Crippen molar-refractivity contribution >= 4 is 0 Å². The Kier molecular flexibility index (Phi) is 3.12. The molecule has 1 nitrogen and oxygen atoms in total. The van der Waals surface area contributed by atoms with E-state index in [1.165, 1.54) is 29.5 Å². The first-order valence-corrected chi connectivity index (χ1v) is 6.75. The third kappa shape index (κ3) is 1.73. The summed E-state index contributed by atoms with van der Waals surface area (Å²) in [6, 6.07) is 19.0. The number of halogens is 1. The molecule has 2 atom stereocenters. The molecule has 2 heterocycles. The Morgan fingerprint density at radius 2 is 1.58 bits per heavy atom. The summed E-state index contributed by atoms with van der Waals surface area (Å²) in [5, 5.41) is 0. The number of aryl methyl sites for hydroxylation is 1. The van der Waals surface area contributed by atoms with Gasteiger partial charge in [0.25, 0.3) is 0 Å². The fourth-order valence-electron chi connectivity index (χ4n) is 3.75. The summed E-state index contributed by atoms with van der Waals surface area (Å²) in [5.74, 6) is 0. The maximum atomic E-state index is 2.55. The fraction of sp³-hybridized carbons (Fsp3) is 0.294. The van der Waals surface area contributed by atoms with Gasteiger partial charge >= 0.3 is 1.43 Å². The van der Waals surface area contributed by atoms with Crippen molar-refractivity contribution < 1.29 is 13.8 Å². The van der Waals surface area contributed by atoms with E-state index in [1.54, 1.807) is 5.56 Å². The molecule has 0 saturated carbocycles. The zero-order valence-electron chi connectivity index (χ0n) is 12.0. The second-order valence-corrected chi connectivity index (χ2v) is 5.45. The molecule has 2 bridgehead atoms. The molecule has 4 rings (SSSR count). The van der Waals surface area contributed by atoms with E-state index in [9.17, 15) is 0 Å². The Balaban J connectivity index is 0.000000735. The van der Waals surface area contributed by atoms with Crippen molar-refractivity contribution in [1.29, 1.82) is 0 Å². The van der Waals surface area contributed by atoms with Gasteiger partial charge in [-0.3, -0.25) is 4.90 Å². The van der Waals surface area contributed by atoms with Crippen LogP contribution in [0.25, 0.3) is 0 Å². The molecule has 0 fully saturated rings. The second kappa shape index (κ2) is 4.66. The van der Waals surface area contributed by atoms with Gasteiger partial charge < -0.3 is 12.4 Å². The molecule has 19 heavy (non-hydrogen) atoms. The van der Waals surface area contributed by atoms with Crippen LogP contribution in [0.1, 0.15) is 42.2 Å². The van der Waals surface area contributed by atoms with Crippen LogP contribution in [0.5, 0.6) is 0 Å². The summed E-state index contributed by atoms with van der Waals surface area (Å²) in [6.07, 6.45) is 2.44. The van der Waals surface area contributed by atoms with E-state index < -0.39 is 0 Å². The average molecular weight is 272 g/mol. The van der Waals surface area contributed by atoms with Crippen LogP contribution >= 0.6 is 0 Å². The Labute approximate surface area is 122 Å². The lowest BCUT2D eigenvalue weighted by Gasteiger charge is -2.24. The van der Waals surface area contributed by atoms with Gasteiger partial charge in [-0.15, -0.1) is 0 Å². The molecule has 2 heteroatoms. The Hall–Kier alpha value is -1.31. The molecule has 2 unspecified atom stereocenters. The molecule has 0 amide bonds. The Morgan fingerprint density at radius 3 is 2.37 bits per heavy atom. The van der Waals surface area contributed by atoms with Gasteiger partial charge in [-0.1, -0.05) is 48.5 Å². The van der Waals surface area contributed by atoms with Crippen LogP contribution in [-0.2, 0) is 6.42 Å². The molecular formula is C17H18ClN. The highest BCUT2D eigenvalue weighted by atomic mass is 35.5.